The minimum absolute atomic E-state index is 0.882. The molecule has 1 atom stereocenters. The summed E-state index contributed by atoms with van der Waals surface area (Å²) in [4.78, 5) is 0. The number of rotatable bonds is 1. The molecule has 0 aromatic heterocycles. The van der Waals surface area contributed by atoms with Gasteiger partial charge in [-0.2, -0.15) is 0 Å². The maximum Gasteiger partial charge on any atom is 0.136 e. The molecule has 9 heavy (non-hydrogen) atoms. The lowest BCUT2D eigenvalue weighted by atomic mass is 10.4. The minimum Gasteiger partial charge on any atom is -0.132 e. The van der Waals surface area contributed by atoms with Gasteiger partial charge < -0.3 is 0 Å². The van der Waals surface area contributed by atoms with E-state index in [-0.39, 0.29) is 0 Å². The normalized spacial score (nSPS) is 10.8. The summed E-state index contributed by atoms with van der Waals surface area (Å²) in [5.41, 5.74) is 0. The number of hydrogen-bond acceptors (Lipinski definition) is 0. The predicted molar refractivity (Wildman–Crippen MR) is 50.6 cm³/mol. The van der Waals surface area contributed by atoms with Crippen molar-refractivity contribution in [2.24, 2.45) is 0 Å². The first kappa shape index (κ1) is 7.30. The average Bonchev–Trinajstić information content (AvgIpc) is 1.89. The molecule has 0 saturated heterocycles. The maximum atomic E-state index is 3.46. The molecule has 0 saturated carbocycles. The Kier molecular flexibility index (Phi) is 2.75. The van der Waals surface area contributed by atoms with Crippen LogP contribution in [0.5, 0.6) is 0 Å². The van der Waals surface area contributed by atoms with Gasteiger partial charge in [0.25, 0.3) is 0 Å². The summed E-state index contributed by atoms with van der Waals surface area (Å²) in [5.74, 6) is 0. The van der Waals surface area contributed by atoms with Crippen LogP contribution < -0.4 is 5.30 Å². The third-order valence-corrected chi connectivity index (χ3v) is 3.18. The van der Waals surface area contributed by atoms with Crippen LogP contribution in [0.15, 0.2) is 28.7 Å². The standard InChI is InChI=1S/C6H7BBrP/c7-9-6-4-2-1-3-5(6)8/h1-4,9H,7H2. The summed E-state index contributed by atoms with van der Waals surface area (Å²) in [6, 6.07) is 8.32. The summed E-state index contributed by atoms with van der Waals surface area (Å²) in [5, 5.41) is 1.40. The molecule has 0 spiro atoms. The molecule has 1 aromatic rings. The fourth-order valence-corrected chi connectivity index (χ4v) is 2.13. The zero-order valence-electron chi connectivity index (χ0n) is 5.19. The third kappa shape index (κ3) is 1.81. The van der Waals surface area contributed by atoms with E-state index >= 15 is 0 Å². The van der Waals surface area contributed by atoms with Crippen molar-refractivity contribution >= 4 is 37.3 Å². The van der Waals surface area contributed by atoms with Crippen LogP contribution >= 0.6 is 24.4 Å². The summed E-state index contributed by atoms with van der Waals surface area (Å²) >= 11 is 3.46. The fourth-order valence-electron chi connectivity index (χ4n) is 0.664. The van der Waals surface area contributed by atoms with Gasteiger partial charge in [0.05, 0.1) is 0 Å². The molecule has 0 amide bonds. The Morgan fingerprint density at radius 3 is 2.44 bits per heavy atom. The van der Waals surface area contributed by atoms with Crippen LogP contribution in [0.1, 0.15) is 0 Å². The van der Waals surface area contributed by atoms with Crippen LogP contribution in [0.4, 0.5) is 0 Å². The second-order valence-electron chi connectivity index (χ2n) is 1.73. The zero-order valence-corrected chi connectivity index (χ0v) is 7.77. The Hall–Kier alpha value is 0.195. The molecule has 0 aliphatic rings. The molecule has 0 nitrogen and oxygen atoms in total. The van der Waals surface area contributed by atoms with Crippen LogP contribution in [-0.4, -0.2) is 7.57 Å². The van der Waals surface area contributed by atoms with Crippen molar-refractivity contribution in [3.8, 4) is 0 Å². The van der Waals surface area contributed by atoms with Gasteiger partial charge in [0.15, 0.2) is 0 Å². The van der Waals surface area contributed by atoms with Gasteiger partial charge in [-0.05, 0) is 11.4 Å². The molecule has 0 bridgehead atoms. The monoisotopic (exact) mass is 200 g/mol. The molecule has 0 fully saturated rings. The van der Waals surface area contributed by atoms with Crippen LogP contribution in [-0.2, 0) is 0 Å². The predicted octanol–water partition coefficient (Wildman–Crippen LogP) is 1.30. The van der Waals surface area contributed by atoms with Gasteiger partial charge >= 0.3 is 0 Å². The molecule has 0 radical (unpaired) electrons. The van der Waals surface area contributed by atoms with Crippen molar-refractivity contribution in [3.05, 3.63) is 28.7 Å². The Balaban J connectivity index is 3.01. The lowest BCUT2D eigenvalue weighted by Crippen LogP contribution is -1.93. The molecule has 3 heteroatoms. The second-order valence-corrected chi connectivity index (χ2v) is 3.62. The largest absolute Gasteiger partial charge is 0.136 e. The van der Waals surface area contributed by atoms with Crippen LogP contribution in [0.3, 0.4) is 0 Å². The van der Waals surface area contributed by atoms with E-state index in [0.29, 0.717) is 0 Å². The van der Waals surface area contributed by atoms with E-state index in [0.717, 1.165) is 8.46 Å². The maximum absolute atomic E-state index is 3.46. The first-order chi connectivity index (χ1) is 4.34. The Bertz CT molecular complexity index is 202. The Labute approximate surface area is 66.3 Å². The summed E-state index contributed by atoms with van der Waals surface area (Å²) in [6.07, 6.45) is 0. The lowest BCUT2D eigenvalue weighted by Gasteiger charge is -1.96. The highest BCUT2D eigenvalue weighted by Gasteiger charge is 1.91. The molecule has 0 aliphatic carbocycles. The van der Waals surface area contributed by atoms with Crippen molar-refractivity contribution in [1.82, 2.24) is 0 Å². The number of hydrogen-bond donors (Lipinski definition) is 0. The minimum atomic E-state index is 0.882. The summed E-state index contributed by atoms with van der Waals surface area (Å²) in [7, 11) is 3.06. The molecule has 1 rings (SSSR count). The fraction of sp³-hybridized carbons (Fsp3) is 0. The van der Waals surface area contributed by atoms with Crippen molar-refractivity contribution < 1.29 is 0 Å². The van der Waals surface area contributed by atoms with E-state index in [1.165, 1.54) is 9.78 Å². The molecular formula is C6H7BBrP. The van der Waals surface area contributed by atoms with Gasteiger partial charge in [-0.1, -0.05) is 34.1 Å². The highest BCUT2D eigenvalue weighted by Crippen LogP contribution is 2.12. The molecule has 1 aromatic carbocycles. The van der Waals surface area contributed by atoms with E-state index in [2.05, 4.69) is 41.7 Å². The Morgan fingerprint density at radius 1 is 1.33 bits per heavy atom. The molecular weight excluding hydrogens is 194 g/mol. The van der Waals surface area contributed by atoms with E-state index in [4.69, 9.17) is 0 Å². The van der Waals surface area contributed by atoms with Crippen molar-refractivity contribution in [3.63, 3.8) is 0 Å². The molecule has 0 aliphatic heterocycles. The molecule has 1 unspecified atom stereocenters. The van der Waals surface area contributed by atoms with Gasteiger partial charge in [0.1, 0.15) is 7.57 Å². The highest BCUT2D eigenvalue weighted by atomic mass is 79.9. The van der Waals surface area contributed by atoms with Crippen LogP contribution in [0.2, 0.25) is 0 Å². The van der Waals surface area contributed by atoms with Crippen molar-refractivity contribution in [1.29, 1.82) is 0 Å². The quantitative estimate of drug-likeness (QED) is 0.474. The van der Waals surface area contributed by atoms with Crippen molar-refractivity contribution in [2.45, 2.75) is 0 Å². The van der Waals surface area contributed by atoms with Gasteiger partial charge in [0, 0.05) is 4.47 Å². The number of benzene rings is 1. The van der Waals surface area contributed by atoms with Crippen LogP contribution in [0.25, 0.3) is 0 Å². The molecule has 0 N–H and O–H groups in total. The van der Waals surface area contributed by atoms with E-state index < -0.39 is 0 Å². The third-order valence-electron chi connectivity index (χ3n) is 1.14. The van der Waals surface area contributed by atoms with E-state index in [9.17, 15) is 0 Å². The van der Waals surface area contributed by atoms with Gasteiger partial charge in [-0.15, -0.1) is 8.46 Å². The lowest BCUT2D eigenvalue weighted by molar-refractivity contribution is 1.72. The Morgan fingerprint density at radius 2 is 2.00 bits per heavy atom. The first-order valence-electron chi connectivity index (χ1n) is 2.77. The van der Waals surface area contributed by atoms with Crippen molar-refractivity contribution in [2.75, 3.05) is 0 Å². The van der Waals surface area contributed by atoms with Gasteiger partial charge in [-0.3, -0.25) is 0 Å². The number of halogens is 1. The first-order valence-corrected chi connectivity index (χ1v) is 5.06. The average molecular weight is 201 g/mol. The van der Waals surface area contributed by atoms with Crippen LogP contribution in [0, 0.1) is 0 Å². The molecule has 46 valence electrons. The van der Waals surface area contributed by atoms with E-state index in [1.807, 2.05) is 6.07 Å². The molecule has 0 heterocycles. The summed E-state index contributed by atoms with van der Waals surface area (Å²) < 4.78 is 1.23. The SMILES string of the molecule is BPc1ccccc1Br. The zero-order chi connectivity index (χ0) is 6.69. The van der Waals surface area contributed by atoms with Gasteiger partial charge in [0.2, 0.25) is 0 Å². The van der Waals surface area contributed by atoms with E-state index in [1.54, 1.807) is 0 Å². The summed E-state index contributed by atoms with van der Waals surface area (Å²) in [6.45, 7) is 0. The smallest absolute Gasteiger partial charge is 0.132 e. The highest BCUT2D eigenvalue weighted by molar-refractivity contribution is 9.10. The second kappa shape index (κ2) is 3.38. The topological polar surface area (TPSA) is 0 Å². The van der Waals surface area contributed by atoms with Gasteiger partial charge in [-0.25, -0.2) is 0 Å².